The van der Waals surface area contributed by atoms with Crippen molar-refractivity contribution in [2.75, 3.05) is 6.54 Å². The zero-order chi connectivity index (χ0) is 14.0. The first-order valence-corrected chi connectivity index (χ1v) is 8.65. The van der Waals surface area contributed by atoms with Gasteiger partial charge in [0.15, 0.2) is 0 Å². The van der Waals surface area contributed by atoms with E-state index in [1.807, 2.05) is 0 Å². The smallest absolute Gasteiger partial charge is 0.00671 e. The van der Waals surface area contributed by atoms with Gasteiger partial charge < -0.3 is 5.32 Å². The highest BCUT2D eigenvalue weighted by atomic mass is 14.9. The van der Waals surface area contributed by atoms with Crippen molar-refractivity contribution in [3.05, 3.63) is 35.9 Å². The fourth-order valence-electron chi connectivity index (χ4n) is 3.39. The summed E-state index contributed by atoms with van der Waals surface area (Å²) in [4.78, 5) is 0. The SMILES string of the molecule is CCCCCC[C@@H]1CC[C@H](Cc2ccccc2)CCN1. The van der Waals surface area contributed by atoms with Crippen LogP contribution in [0, 0.1) is 5.92 Å². The van der Waals surface area contributed by atoms with Gasteiger partial charge >= 0.3 is 0 Å². The first-order valence-electron chi connectivity index (χ1n) is 8.65. The lowest BCUT2D eigenvalue weighted by atomic mass is 9.91. The summed E-state index contributed by atoms with van der Waals surface area (Å²) < 4.78 is 0. The van der Waals surface area contributed by atoms with Crippen molar-refractivity contribution in [3.63, 3.8) is 0 Å². The Labute approximate surface area is 125 Å². The zero-order valence-electron chi connectivity index (χ0n) is 13.1. The molecule has 2 rings (SSSR count). The molecule has 20 heavy (non-hydrogen) atoms. The molecule has 0 spiro atoms. The van der Waals surface area contributed by atoms with Gasteiger partial charge in [0, 0.05) is 6.04 Å². The highest BCUT2D eigenvalue weighted by Crippen LogP contribution is 2.23. The topological polar surface area (TPSA) is 12.0 Å². The number of unbranched alkanes of at least 4 members (excludes halogenated alkanes) is 3. The largest absolute Gasteiger partial charge is 0.314 e. The molecule has 0 saturated carbocycles. The Morgan fingerprint density at radius 3 is 2.65 bits per heavy atom. The summed E-state index contributed by atoms with van der Waals surface area (Å²) in [5, 5.41) is 3.77. The number of rotatable bonds is 7. The molecule has 0 bridgehead atoms. The minimum absolute atomic E-state index is 0.785. The molecule has 1 heteroatoms. The molecule has 1 N–H and O–H groups in total. The highest BCUT2D eigenvalue weighted by Gasteiger charge is 2.18. The van der Waals surface area contributed by atoms with Gasteiger partial charge in [-0.15, -0.1) is 0 Å². The Kier molecular flexibility index (Phi) is 7.14. The van der Waals surface area contributed by atoms with Crippen LogP contribution in [0.25, 0.3) is 0 Å². The fraction of sp³-hybridized carbons (Fsp3) is 0.684. The Morgan fingerprint density at radius 1 is 1.00 bits per heavy atom. The van der Waals surface area contributed by atoms with Crippen LogP contribution in [0.3, 0.4) is 0 Å². The third kappa shape index (κ3) is 5.66. The quantitative estimate of drug-likeness (QED) is 0.693. The molecule has 0 unspecified atom stereocenters. The lowest BCUT2D eigenvalue weighted by molar-refractivity contribution is 0.435. The second kappa shape index (κ2) is 9.18. The van der Waals surface area contributed by atoms with Gasteiger partial charge in [-0.25, -0.2) is 0 Å². The molecule has 1 aliphatic rings. The Hall–Kier alpha value is -0.820. The molecule has 1 nitrogen and oxygen atoms in total. The summed E-state index contributed by atoms with van der Waals surface area (Å²) in [6.45, 7) is 3.51. The van der Waals surface area contributed by atoms with E-state index in [1.165, 1.54) is 69.9 Å². The van der Waals surface area contributed by atoms with Crippen molar-refractivity contribution in [2.45, 2.75) is 70.8 Å². The lowest BCUT2D eigenvalue weighted by Gasteiger charge is -2.15. The van der Waals surface area contributed by atoms with Gasteiger partial charge in [-0.05, 0) is 50.1 Å². The predicted octanol–water partition coefficient (Wildman–Crippen LogP) is 4.96. The number of benzene rings is 1. The molecule has 1 aliphatic heterocycles. The molecule has 1 heterocycles. The van der Waals surface area contributed by atoms with E-state index in [2.05, 4.69) is 42.6 Å². The molecule has 0 aliphatic carbocycles. The van der Waals surface area contributed by atoms with Crippen LogP contribution in [0.15, 0.2) is 30.3 Å². The van der Waals surface area contributed by atoms with E-state index in [4.69, 9.17) is 0 Å². The van der Waals surface area contributed by atoms with E-state index in [1.54, 1.807) is 0 Å². The molecule has 1 aromatic carbocycles. The molecule has 0 amide bonds. The van der Waals surface area contributed by atoms with Crippen LogP contribution in [0.5, 0.6) is 0 Å². The van der Waals surface area contributed by atoms with Crippen LogP contribution in [0.1, 0.15) is 63.9 Å². The van der Waals surface area contributed by atoms with E-state index in [0.717, 1.165) is 12.0 Å². The van der Waals surface area contributed by atoms with Gasteiger partial charge in [0.1, 0.15) is 0 Å². The molecule has 112 valence electrons. The molecule has 0 aromatic heterocycles. The van der Waals surface area contributed by atoms with Gasteiger partial charge in [-0.1, -0.05) is 62.9 Å². The van der Waals surface area contributed by atoms with Crippen molar-refractivity contribution < 1.29 is 0 Å². The monoisotopic (exact) mass is 273 g/mol. The maximum atomic E-state index is 3.77. The molecule has 1 aromatic rings. The van der Waals surface area contributed by atoms with Crippen molar-refractivity contribution in [2.24, 2.45) is 5.92 Å². The maximum absolute atomic E-state index is 3.77. The van der Waals surface area contributed by atoms with Gasteiger partial charge in [-0.3, -0.25) is 0 Å². The molecule has 1 saturated heterocycles. The Balaban J connectivity index is 1.69. The van der Waals surface area contributed by atoms with E-state index in [0.29, 0.717) is 0 Å². The lowest BCUT2D eigenvalue weighted by Crippen LogP contribution is -2.27. The Morgan fingerprint density at radius 2 is 1.85 bits per heavy atom. The predicted molar refractivity (Wildman–Crippen MR) is 88.0 cm³/mol. The number of hydrogen-bond acceptors (Lipinski definition) is 1. The fourth-order valence-corrected chi connectivity index (χ4v) is 3.39. The highest BCUT2D eigenvalue weighted by molar-refractivity contribution is 5.15. The van der Waals surface area contributed by atoms with Crippen molar-refractivity contribution in [3.8, 4) is 0 Å². The summed E-state index contributed by atoms with van der Waals surface area (Å²) in [6, 6.07) is 11.8. The van der Waals surface area contributed by atoms with E-state index in [-0.39, 0.29) is 0 Å². The second-order valence-corrected chi connectivity index (χ2v) is 6.42. The van der Waals surface area contributed by atoms with Crippen LogP contribution in [0.2, 0.25) is 0 Å². The van der Waals surface area contributed by atoms with E-state index >= 15 is 0 Å². The van der Waals surface area contributed by atoms with Crippen LogP contribution in [0.4, 0.5) is 0 Å². The first-order chi connectivity index (χ1) is 9.88. The number of hydrogen-bond donors (Lipinski definition) is 1. The van der Waals surface area contributed by atoms with Crippen LogP contribution < -0.4 is 5.32 Å². The second-order valence-electron chi connectivity index (χ2n) is 6.42. The standard InChI is InChI=1S/C19H31N/c1-2-3-4-8-11-19-13-12-18(14-15-20-19)16-17-9-6-5-7-10-17/h5-7,9-10,18-20H,2-4,8,11-16H2,1H3/t18-,19+/m0/s1. The third-order valence-electron chi connectivity index (χ3n) is 4.68. The molecule has 2 atom stereocenters. The van der Waals surface area contributed by atoms with Crippen LogP contribution in [-0.2, 0) is 6.42 Å². The Bertz CT molecular complexity index is 346. The zero-order valence-corrected chi connectivity index (χ0v) is 13.1. The summed E-state index contributed by atoms with van der Waals surface area (Å²) >= 11 is 0. The van der Waals surface area contributed by atoms with Crippen LogP contribution >= 0.6 is 0 Å². The van der Waals surface area contributed by atoms with Crippen molar-refractivity contribution in [1.29, 1.82) is 0 Å². The number of nitrogens with one attached hydrogen (secondary N) is 1. The minimum atomic E-state index is 0.785. The van der Waals surface area contributed by atoms with E-state index in [9.17, 15) is 0 Å². The first kappa shape index (κ1) is 15.6. The summed E-state index contributed by atoms with van der Waals surface area (Å²) in [7, 11) is 0. The third-order valence-corrected chi connectivity index (χ3v) is 4.68. The molecule has 1 fully saturated rings. The summed E-state index contributed by atoms with van der Waals surface area (Å²) in [5.41, 5.74) is 1.51. The average molecular weight is 273 g/mol. The van der Waals surface area contributed by atoms with Crippen molar-refractivity contribution >= 4 is 0 Å². The molecular formula is C19H31N. The average Bonchev–Trinajstić information content (AvgIpc) is 2.70. The van der Waals surface area contributed by atoms with E-state index < -0.39 is 0 Å². The minimum Gasteiger partial charge on any atom is -0.314 e. The van der Waals surface area contributed by atoms with Gasteiger partial charge in [0.2, 0.25) is 0 Å². The summed E-state index contributed by atoms with van der Waals surface area (Å²) in [6.07, 6.45) is 12.4. The molecule has 0 radical (unpaired) electrons. The van der Waals surface area contributed by atoms with Gasteiger partial charge in [-0.2, -0.15) is 0 Å². The maximum Gasteiger partial charge on any atom is 0.00671 e. The normalized spacial score (nSPS) is 23.4. The molecular weight excluding hydrogens is 242 g/mol. The van der Waals surface area contributed by atoms with Gasteiger partial charge in [0.25, 0.3) is 0 Å². The van der Waals surface area contributed by atoms with Gasteiger partial charge in [0.05, 0.1) is 0 Å². The van der Waals surface area contributed by atoms with Crippen LogP contribution in [-0.4, -0.2) is 12.6 Å². The van der Waals surface area contributed by atoms with Crippen molar-refractivity contribution in [1.82, 2.24) is 5.32 Å². The summed E-state index contributed by atoms with van der Waals surface area (Å²) in [5.74, 6) is 0.880.